The maximum Gasteiger partial charge on any atom is 0.0451 e. The quantitative estimate of drug-likeness (QED) is 0.605. The van der Waals surface area contributed by atoms with Crippen LogP contribution in [-0.4, -0.2) is 30.2 Å². The lowest BCUT2D eigenvalue weighted by atomic mass is 9.81. The van der Waals surface area contributed by atoms with E-state index in [2.05, 4.69) is 30.4 Å². The van der Waals surface area contributed by atoms with Gasteiger partial charge in [0.2, 0.25) is 0 Å². The van der Waals surface area contributed by atoms with Gasteiger partial charge in [0.1, 0.15) is 0 Å². The summed E-state index contributed by atoms with van der Waals surface area (Å²) in [5, 5.41) is 0. The molecular weight excluding hydrogens is 160 g/mol. The number of likely N-dealkylation sites (N-methyl/N-ethyl adjacent to an activating group) is 1. The van der Waals surface area contributed by atoms with E-state index in [0.717, 1.165) is 12.1 Å². The van der Waals surface area contributed by atoms with E-state index < -0.39 is 0 Å². The normalized spacial score (nSPS) is 29.8. The Labute approximate surface area is 80.7 Å². The molecular formula is C11H18N2. The Kier molecular flexibility index (Phi) is 3.04. The van der Waals surface area contributed by atoms with Gasteiger partial charge in [-0.2, -0.15) is 0 Å². The largest absolute Gasteiger partial charge is 0.297 e. The van der Waals surface area contributed by atoms with Crippen LogP contribution in [0.25, 0.3) is 0 Å². The minimum Gasteiger partial charge on any atom is -0.297 e. The van der Waals surface area contributed by atoms with Crippen molar-refractivity contribution in [3.05, 3.63) is 24.4 Å². The minimum absolute atomic E-state index is 0.144. The zero-order chi connectivity index (χ0) is 9.90. The Bertz CT molecular complexity index is 253. The third kappa shape index (κ3) is 1.89. The molecule has 72 valence electrons. The Morgan fingerprint density at radius 3 is 2.69 bits per heavy atom. The zero-order valence-corrected chi connectivity index (χ0v) is 8.75. The third-order valence-electron chi connectivity index (χ3n) is 2.93. The molecule has 0 spiro atoms. The molecule has 0 radical (unpaired) electrons. The van der Waals surface area contributed by atoms with Crippen molar-refractivity contribution < 1.29 is 0 Å². The van der Waals surface area contributed by atoms with E-state index in [9.17, 15) is 0 Å². The fourth-order valence-electron chi connectivity index (χ4n) is 1.43. The van der Waals surface area contributed by atoms with Gasteiger partial charge in [-0.15, -0.1) is 0 Å². The average Bonchev–Trinajstić information content (AvgIpc) is 2.14. The van der Waals surface area contributed by atoms with E-state index in [4.69, 9.17) is 0 Å². The van der Waals surface area contributed by atoms with E-state index in [0.29, 0.717) is 0 Å². The van der Waals surface area contributed by atoms with Crippen LogP contribution in [-0.2, 0) is 0 Å². The van der Waals surface area contributed by atoms with Crippen molar-refractivity contribution in [3.8, 4) is 0 Å². The first-order valence-electron chi connectivity index (χ1n) is 4.66. The van der Waals surface area contributed by atoms with Crippen LogP contribution >= 0.6 is 0 Å². The second-order valence-corrected chi connectivity index (χ2v) is 3.73. The SMILES string of the molecule is C=C(C=NC=CC)C1(C)CCN1C. The molecule has 1 aliphatic heterocycles. The van der Waals surface area contributed by atoms with Crippen LogP contribution in [0.4, 0.5) is 0 Å². The fourth-order valence-corrected chi connectivity index (χ4v) is 1.43. The Balaban J connectivity index is 2.57. The highest BCUT2D eigenvalue weighted by Crippen LogP contribution is 2.33. The zero-order valence-electron chi connectivity index (χ0n) is 8.75. The molecule has 2 heteroatoms. The summed E-state index contributed by atoms with van der Waals surface area (Å²) in [4.78, 5) is 6.44. The summed E-state index contributed by atoms with van der Waals surface area (Å²) in [6.45, 7) is 9.37. The molecule has 1 fully saturated rings. The Morgan fingerprint density at radius 2 is 2.31 bits per heavy atom. The maximum absolute atomic E-state index is 4.14. The smallest absolute Gasteiger partial charge is 0.0451 e. The molecule has 0 aromatic carbocycles. The number of hydrogen-bond acceptors (Lipinski definition) is 2. The van der Waals surface area contributed by atoms with Gasteiger partial charge in [-0.1, -0.05) is 12.7 Å². The highest BCUT2D eigenvalue weighted by molar-refractivity contribution is 5.81. The number of likely N-dealkylation sites (tertiary alicyclic amines) is 1. The van der Waals surface area contributed by atoms with Gasteiger partial charge in [-0.3, -0.25) is 9.89 Å². The van der Waals surface area contributed by atoms with Gasteiger partial charge >= 0.3 is 0 Å². The van der Waals surface area contributed by atoms with Crippen molar-refractivity contribution in [1.82, 2.24) is 4.90 Å². The summed E-state index contributed by atoms with van der Waals surface area (Å²) in [7, 11) is 2.12. The van der Waals surface area contributed by atoms with E-state index in [1.807, 2.05) is 19.2 Å². The van der Waals surface area contributed by atoms with E-state index in [1.165, 1.54) is 6.42 Å². The summed E-state index contributed by atoms with van der Waals surface area (Å²) >= 11 is 0. The second kappa shape index (κ2) is 3.88. The molecule has 2 nitrogen and oxygen atoms in total. The van der Waals surface area contributed by atoms with E-state index in [-0.39, 0.29) is 5.54 Å². The number of allylic oxidation sites excluding steroid dienone is 1. The standard InChI is InChI=1S/C11H18N2/c1-5-7-12-9-10(2)11(3)6-8-13(11)4/h5,7,9H,2,6,8H2,1,3-4H3. The van der Waals surface area contributed by atoms with Crippen molar-refractivity contribution in [2.24, 2.45) is 4.99 Å². The van der Waals surface area contributed by atoms with Crippen LogP contribution in [0.5, 0.6) is 0 Å². The van der Waals surface area contributed by atoms with Gasteiger partial charge in [-0.25, -0.2) is 0 Å². The van der Waals surface area contributed by atoms with Crippen molar-refractivity contribution in [2.75, 3.05) is 13.6 Å². The van der Waals surface area contributed by atoms with E-state index >= 15 is 0 Å². The molecule has 0 amide bonds. The number of rotatable bonds is 3. The lowest BCUT2D eigenvalue weighted by Gasteiger charge is -2.49. The highest BCUT2D eigenvalue weighted by atomic mass is 15.2. The molecule has 0 aromatic heterocycles. The van der Waals surface area contributed by atoms with Gasteiger partial charge < -0.3 is 0 Å². The van der Waals surface area contributed by atoms with Crippen molar-refractivity contribution in [2.45, 2.75) is 25.8 Å². The fraction of sp³-hybridized carbons (Fsp3) is 0.545. The van der Waals surface area contributed by atoms with Gasteiger partial charge in [0.15, 0.2) is 0 Å². The highest BCUT2D eigenvalue weighted by Gasteiger charge is 2.39. The lowest BCUT2D eigenvalue weighted by Crippen LogP contribution is -2.56. The lowest BCUT2D eigenvalue weighted by molar-refractivity contribution is 0.0669. The molecule has 1 unspecified atom stereocenters. The molecule has 0 bridgehead atoms. The monoisotopic (exact) mass is 178 g/mol. The van der Waals surface area contributed by atoms with E-state index in [1.54, 1.807) is 6.20 Å². The number of aliphatic imine (C=N–C) groups is 1. The summed E-state index contributed by atoms with van der Waals surface area (Å²) in [5.74, 6) is 0. The van der Waals surface area contributed by atoms with Crippen molar-refractivity contribution in [1.29, 1.82) is 0 Å². The van der Waals surface area contributed by atoms with Crippen LogP contribution < -0.4 is 0 Å². The molecule has 1 atom stereocenters. The van der Waals surface area contributed by atoms with Crippen LogP contribution in [0, 0.1) is 0 Å². The van der Waals surface area contributed by atoms with Gasteiger partial charge in [0, 0.05) is 24.5 Å². The summed E-state index contributed by atoms with van der Waals surface area (Å²) in [6.07, 6.45) is 6.74. The van der Waals surface area contributed by atoms with Gasteiger partial charge in [-0.05, 0) is 32.9 Å². The summed E-state index contributed by atoms with van der Waals surface area (Å²) < 4.78 is 0. The molecule has 1 heterocycles. The van der Waals surface area contributed by atoms with Crippen LogP contribution in [0.2, 0.25) is 0 Å². The van der Waals surface area contributed by atoms with Crippen LogP contribution in [0.15, 0.2) is 29.4 Å². The van der Waals surface area contributed by atoms with Crippen molar-refractivity contribution >= 4 is 6.21 Å². The minimum atomic E-state index is 0.144. The molecule has 1 rings (SSSR count). The number of hydrogen-bond donors (Lipinski definition) is 0. The molecule has 0 N–H and O–H groups in total. The van der Waals surface area contributed by atoms with Crippen LogP contribution in [0.3, 0.4) is 0 Å². The Hall–Kier alpha value is -0.890. The van der Waals surface area contributed by atoms with Crippen LogP contribution in [0.1, 0.15) is 20.3 Å². The van der Waals surface area contributed by atoms with Gasteiger partial charge in [0.05, 0.1) is 0 Å². The molecule has 0 aliphatic carbocycles. The predicted molar refractivity (Wildman–Crippen MR) is 58.1 cm³/mol. The Morgan fingerprint density at radius 1 is 1.62 bits per heavy atom. The van der Waals surface area contributed by atoms with Gasteiger partial charge in [0.25, 0.3) is 0 Å². The summed E-state index contributed by atoms with van der Waals surface area (Å²) in [5.41, 5.74) is 1.24. The first-order chi connectivity index (χ1) is 6.11. The molecule has 13 heavy (non-hydrogen) atoms. The molecule has 0 aromatic rings. The predicted octanol–water partition coefficient (Wildman–Crippen LogP) is 2.24. The topological polar surface area (TPSA) is 15.6 Å². The second-order valence-electron chi connectivity index (χ2n) is 3.73. The average molecular weight is 178 g/mol. The van der Waals surface area contributed by atoms with Crippen molar-refractivity contribution in [3.63, 3.8) is 0 Å². The maximum atomic E-state index is 4.14. The third-order valence-corrected chi connectivity index (χ3v) is 2.93. The molecule has 1 saturated heterocycles. The first-order valence-corrected chi connectivity index (χ1v) is 4.66. The molecule has 1 aliphatic rings. The molecule has 0 saturated carbocycles. The number of nitrogens with zero attached hydrogens (tertiary/aromatic N) is 2. The summed E-state index contributed by atoms with van der Waals surface area (Å²) in [6, 6.07) is 0. The first kappa shape index (κ1) is 10.2.